The molecule has 0 spiro atoms. The Balaban J connectivity index is 2.35. The summed E-state index contributed by atoms with van der Waals surface area (Å²) in [5.41, 5.74) is 1.04. The average Bonchev–Trinajstić information content (AvgIpc) is 2.66. The lowest BCUT2D eigenvalue weighted by atomic mass is 9.78. The number of ether oxygens (including phenoxy) is 2. The van der Waals surface area contributed by atoms with E-state index in [1.54, 1.807) is 24.3 Å². The van der Waals surface area contributed by atoms with E-state index in [4.69, 9.17) is 55.9 Å². The molecule has 0 radical (unpaired) electrons. The zero-order chi connectivity index (χ0) is 25.1. The number of hydrogen-bond donors (Lipinski definition) is 2. The first-order valence-electron chi connectivity index (χ1n) is 10.9. The van der Waals surface area contributed by atoms with Crippen molar-refractivity contribution in [2.45, 2.75) is 72.4 Å². The van der Waals surface area contributed by atoms with Crippen LogP contribution in [0.4, 0.5) is 0 Å². The third-order valence-electron chi connectivity index (χ3n) is 5.29. The van der Waals surface area contributed by atoms with Crippen LogP contribution in [0.25, 0.3) is 0 Å². The normalized spacial score (nSPS) is 14.0. The molecule has 0 amide bonds. The molecule has 8 heteroatoms. The maximum atomic E-state index is 10.1. The fraction of sp³-hybridized carbons (Fsp3) is 0.520. The van der Waals surface area contributed by atoms with Gasteiger partial charge in [0.05, 0.1) is 20.1 Å². The highest BCUT2D eigenvalue weighted by Crippen LogP contribution is 2.44. The summed E-state index contributed by atoms with van der Waals surface area (Å²) in [6.45, 7) is 11.9. The van der Waals surface area contributed by atoms with Gasteiger partial charge < -0.3 is 19.7 Å². The minimum atomic E-state index is -1.00. The maximum Gasteiger partial charge on any atom is 0.197 e. The largest absolute Gasteiger partial charge is 0.462 e. The second kappa shape index (κ2) is 11.7. The van der Waals surface area contributed by atoms with Gasteiger partial charge >= 0.3 is 0 Å². The molecule has 184 valence electrons. The predicted molar refractivity (Wildman–Crippen MR) is 137 cm³/mol. The summed E-state index contributed by atoms with van der Waals surface area (Å²) >= 11 is 25.9. The van der Waals surface area contributed by atoms with Crippen LogP contribution in [0.2, 0.25) is 20.1 Å². The van der Waals surface area contributed by atoms with Crippen LogP contribution in [0, 0.1) is 11.8 Å². The Hall–Kier alpha value is -0.880. The molecule has 0 heterocycles. The minimum Gasteiger partial charge on any atom is -0.462 e. The van der Waals surface area contributed by atoms with Crippen molar-refractivity contribution in [1.82, 2.24) is 0 Å². The summed E-state index contributed by atoms with van der Waals surface area (Å²) < 4.78 is 11.2. The van der Waals surface area contributed by atoms with Crippen molar-refractivity contribution in [1.29, 1.82) is 0 Å². The van der Waals surface area contributed by atoms with Gasteiger partial charge in [-0.1, -0.05) is 87.9 Å². The summed E-state index contributed by atoms with van der Waals surface area (Å²) in [6, 6.07) is 7.01. The molecule has 2 N–H and O–H groups in total. The second-order valence-corrected chi connectivity index (χ2v) is 11.2. The van der Waals surface area contributed by atoms with Crippen molar-refractivity contribution in [2.24, 2.45) is 11.8 Å². The van der Waals surface area contributed by atoms with E-state index in [1.165, 1.54) is 0 Å². The Morgan fingerprint density at radius 3 is 1.18 bits per heavy atom. The number of halogens is 4. The molecule has 2 aromatic rings. The molecule has 33 heavy (non-hydrogen) atoms. The van der Waals surface area contributed by atoms with Crippen LogP contribution in [-0.4, -0.2) is 22.8 Å². The fourth-order valence-electron chi connectivity index (χ4n) is 3.41. The molecule has 0 saturated heterocycles. The molecule has 0 aliphatic rings. The third kappa shape index (κ3) is 7.55. The van der Waals surface area contributed by atoms with Crippen molar-refractivity contribution in [3.8, 4) is 11.5 Å². The van der Waals surface area contributed by atoms with Gasteiger partial charge in [-0.25, -0.2) is 0 Å². The molecule has 0 fully saturated rings. The lowest BCUT2D eigenvalue weighted by molar-refractivity contribution is -0.0317. The standard InChI is InChI=1S/C25H32Cl4O4/c1-13(2)7-21(30)32-23-17(26)9-15(10-18(23)27)25(5,6)16-11-19(28)24(20(29)12-16)33-22(31)8-14(3)4/h9-14,21-22,30-31H,7-8H2,1-6H3. The molecule has 0 aliphatic carbocycles. The number of rotatable bonds is 10. The molecule has 2 aromatic carbocycles. The van der Waals surface area contributed by atoms with Crippen LogP contribution in [0.15, 0.2) is 24.3 Å². The third-order valence-corrected chi connectivity index (χ3v) is 6.42. The Morgan fingerprint density at radius 2 is 0.939 bits per heavy atom. The van der Waals surface area contributed by atoms with Crippen molar-refractivity contribution >= 4 is 46.4 Å². The predicted octanol–water partition coefficient (Wildman–Crippen LogP) is 8.11. The van der Waals surface area contributed by atoms with Gasteiger partial charge in [0.2, 0.25) is 0 Å². The first kappa shape index (κ1) is 28.4. The van der Waals surface area contributed by atoms with E-state index in [2.05, 4.69) is 0 Å². The van der Waals surface area contributed by atoms with Crippen LogP contribution in [-0.2, 0) is 5.41 Å². The van der Waals surface area contributed by atoms with Crippen molar-refractivity contribution in [2.75, 3.05) is 0 Å². The monoisotopic (exact) mass is 536 g/mol. The van der Waals surface area contributed by atoms with Gasteiger partial charge in [-0.15, -0.1) is 0 Å². The summed E-state index contributed by atoms with van der Waals surface area (Å²) in [5, 5.41) is 21.4. The van der Waals surface area contributed by atoms with E-state index >= 15 is 0 Å². The first-order valence-corrected chi connectivity index (χ1v) is 12.4. The molecule has 0 saturated carbocycles. The maximum absolute atomic E-state index is 10.1. The van der Waals surface area contributed by atoms with Gasteiger partial charge in [0.1, 0.15) is 0 Å². The van der Waals surface area contributed by atoms with Crippen molar-refractivity contribution in [3.63, 3.8) is 0 Å². The van der Waals surface area contributed by atoms with Gasteiger partial charge in [0.15, 0.2) is 24.1 Å². The number of benzene rings is 2. The zero-order valence-electron chi connectivity index (χ0n) is 19.8. The van der Waals surface area contributed by atoms with Crippen molar-refractivity contribution < 1.29 is 19.7 Å². The molecule has 2 atom stereocenters. The zero-order valence-corrected chi connectivity index (χ0v) is 22.8. The second-order valence-electron chi connectivity index (χ2n) is 9.57. The fourth-order valence-corrected chi connectivity index (χ4v) is 4.56. The summed E-state index contributed by atoms with van der Waals surface area (Å²) in [4.78, 5) is 0. The highest BCUT2D eigenvalue weighted by atomic mass is 35.5. The molecule has 0 aliphatic heterocycles. The average molecular weight is 538 g/mol. The van der Waals surface area contributed by atoms with E-state index in [1.807, 2.05) is 41.5 Å². The van der Waals surface area contributed by atoms with Gasteiger partial charge in [-0.05, 0) is 47.2 Å². The van der Waals surface area contributed by atoms with Crippen LogP contribution < -0.4 is 9.47 Å². The molecule has 2 unspecified atom stereocenters. The van der Waals surface area contributed by atoms with Gasteiger partial charge in [0.25, 0.3) is 0 Å². The van der Waals surface area contributed by atoms with Crippen LogP contribution in [0.3, 0.4) is 0 Å². The Bertz CT molecular complexity index is 838. The highest BCUT2D eigenvalue weighted by molar-refractivity contribution is 6.38. The lowest BCUT2D eigenvalue weighted by Gasteiger charge is -2.29. The Labute approximate surface area is 216 Å². The first-order chi connectivity index (χ1) is 15.2. The number of aliphatic hydroxyl groups is 2. The van der Waals surface area contributed by atoms with E-state index in [9.17, 15) is 10.2 Å². The summed E-state index contributed by atoms with van der Waals surface area (Å²) in [6.07, 6.45) is -1.10. The Morgan fingerprint density at radius 1 is 0.667 bits per heavy atom. The SMILES string of the molecule is CC(C)CC(O)Oc1c(Cl)cc(C(C)(C)c2cc(Cl)c(OC(O)CC(C)C)c(Cl)c2)cc1Cl. The number of hydrogen-bond acceptors (Lipinski definition) is 4. The van der Waals surface area contributed by atoms with Gasteiger partial charge in [0, 0.05) is 18.3 Å². The smallest absolute Gasteiger partial charge is 0.197 e. The molecule has 2 rings (SSSR count). The molecular weight excluding hydrogens is 506 g/mol. The molecule has 4 nitrogen and oxygen atoms in total. The van der Waals surface area contributed by atoms with Gasteiger partial charge in [-0.2, -0.15) is 0 Å². The van der Waals surface area contributed by atoms with E-state index in [0.717, 1.165) is 11.1 Å². The molecule has 0 aromatic heterocycles. The molecular formula is C25H32Cl4O4. The summed E-state index contributed by atoms with van der Waals surface area (Å²) in [5.74, 6) is 0.988. The van der Waals surface area contributed by atoms with E-state index < -0.39 is 18.0 Å². The van der Waals surface area contributed by atoms with Crippen molar-refractivity contribution in [3.05, 3.63) is 55.5 Å². The Kier molecular flexibility index (Phi) is 10.1. The van der Waals surface area contributed by atoms with Crippen LogP contribution in [0.5, 0.6) is 11.5 Å². The van der Waals surface area contributed by atoms with Gasteiger partial charge in [-0.3, -0.25) is 0 Å². The quantitative estimate of drug-likeness (QED) is 0.300. The van der Waals surface area contributed by atoms with Crippen LogP contribution in [0.1, 0.15) is 65.5 Å². The topological polar surface area (TPSA) is 58.9 Å². The summed E-state index contributed by atoms with van der Waals surface area (Å²) in [7, 11) is 0. The minimum absolute atomic E-state index is 0.241. The van der Waals surface area contributed by atoms with E-state index in [0.29, 0.717) is 32.9 Å². The number of aliphatic hydroxyl groups excluding tert-OH is 2. The van der Waals surface area contributed by atoms with E-state index in [-0.39, 0.29) is 23.3 Å². The van der Waals surface area contributed by atoms with Crippen LogP contribution >= 0.6 is 46.4 Å². The highest BCUT2D eigenvalue weighted by Gasteiger charge is 2.28. The molecule has 0 bridgehead atoms. The lowest BCUT2D eigenvalue weighted by Crippen LogP contribution is -2.21.